The van der Waals surface area contributed by atoms with Crippen LogP contribution < -0.4 is 5.32 Å². The molecule has 4 aromatic rings. The van der Waals surface area contributed by atoms with Crippen molar-refractivity contribution < 1.29 is 13.2 Å². The van der Waals surface area contributed by atoms with Gasteiger partial charge >= 0.3 is 0 Å². The molecule has 0 aliphatic carbocycles. The molecule has 2 aromatic carbocycles. The quantitative estimate of drug-likeness (QED) is 0.479. The summed E-state index contributed by atoms with van der Waals surface area (Å²) >= 11 is 2.65. The highest BCUT2D eigenvalue weighted by Gasteiger charge is 2.32. The minimum atomic E-state index is -3.77. The molecule has 6 nitrogen and oxygen atoms in total. The number of rotatable bonds is 5. The summed E-state index contributed by atoms with van der Waals surface area (Å²) in [6.45, 7) is 0.982. The number of aromatic nitrogens is 1. The topological polar surface area (TPSA) is 79.4 Å². The highest BCUT2D eigenvalue weighted by atomic mass is 32.2. The molecule has 0 saturated heterocycles. The van der Waals surface area contributed by atoms with Crippen molar-refractivity contribution in [3.05, 3.63) is 81.0 Å². The molecule has 3 heterocycles. The number of hydrogen-bond acceptors (Lipinski definition) is 6. The highest BCUT2D eigenvalue weighted by Crippen LogP contribution is 2.29. The minimum absolute atomic E-state index is 0.0682. The molecule has 0 fully saturated rings. The maximum absolute atomic E-state index is 13.3. The third kappa shape index (κ3) is 3.89. The number of fused-ring (bicyclic) bond motifs is 2. The molecule has 31 heavy (non-hydrogen) atoms. The van der Waals surface area contributed by atoms with Gasteiger partial charge in [-0.2, -0.15) is 4.31 Å². The number of nitrogens with zero attached hydrogens (tertiary/aromatic N) is 2. The lowest BCUT2D eigenvalue weighted by molar-refractivity contribution is 0.0952. The van der Waals surface area contributed by atoms with Crippen LogP contribution in [0.3, 0.4) is 0 Å². The largest absolute Gasteiger partial charge is 0.345 e. The van der Waals surface area contributed by atoms with E-state index in [-0.39, 0.29) is 16.3 Å². The summed E-state index contributed by atoms with van der Waals surface area (Å²) in [4.78, 5) is 17.6. The minimum Gasteiger partial charge on any atom is -0.345 e. The van der Waals surface area contributed by atoms with Crippen LogP contribution in [0.4, 0.5) is 0 Å². The highest BCUT2D eigenvalue weighted by molar-refractivity contribution is 7.89. The van der Waals surface area contributed by atoms with Crippen molar-refractivity contribution in [1.82, 2.24) is 14.6 Å². The zero-order valence-electron chi connectivity index (χ0n) is 16.4. The van der Waals surface area contributed by atoms with E-state index in [0.29, 0.717) is 19.5 Å². The van der Waals surface area contributed by atoms with Gasteiger partial charge in [0, 0.05) is 13.1 Å². The van der Waals surface area contributed by atoms with Crippen molar-refractivity contribution in [2.45, 2.75) is 24.4 Å². The summed E-state index contributed by atoms with van der Waals surface area (Å²) in [5.74, 6) is -0.398. The molecular weight excluding hydrogens is 450 g/mol. The molecule has 1 aliphatic heterocycles. The molecule has 5 rings (SSSR count). The number of carbonyl (C=O) groups is 1. The van der Waals surface area contributed by atoms with E-state index in [2.05, 4.69) is 10.3 Å². The summed E-state index contributed by atoms with van der Waals surface area (Å²) in [5, 5.41) is 5.26. The van der Waals surface area contributed by atoms with Crippen LogP contribution in [0.5, 0.6) is 0 Å². The lowest BCUT2D eigenvalue weighted by Crippen LogP contribution is -2.36. The van der Waals surface area contributed by atoms with Crippen LogP contribution in [0.1, 0.15) is 25.8 Å². The van der Waals surface area contributed by atoms with Crippen LogP contribution in [0.2, 0.25) is 0 Å². The lowest BCUT2D eigenvalue weighted by Gasteiger charge is -2.28. The van der Waals surface area contributed by atoms with Crippen molar-refractivity contribution in [3.63, 3.8) is 0 Å². The Bertz CT molecular complexity index is 1340. The van der Waals surface area contributed by atoms with Crippen LogP contribution in [0.25, 0.3) is 10.2 Å². The molecule has 0 spiro atoms. The molecule has 0 bridgehead atoms. The predicted molar refractivity (Wildman–Crippen MR) is 123 cm³/mol. The van der Waals surface area contributed by atoms with Crippen LogP contribution in [0.15, 0.2) is 64.9 Å². The normalized spacial score (nSPS) is 14.5. The smallest absolute Gasteiger partial charge is 0.263 e. The molecule has 9 heteroatoms. The van der Waals surface area contributed by atoms with Crippen LogP contribution in [0, 0.1) is 0 Å². The second-order valence-electron chi connectivity index (χ2n) is 7.23. The molecule has 0 radical (unpaired) electrons. The van der Waals surface area contributed by atoms with Crippen molar-refractivity contribution >= 4 is 48.8 Å². The van der Waals surface area contributed by atoms with E-state index in [1.54, 1.807) is 5.38 Å². The fourth-order valence-corrected chi connectivity index (χ4v) is 7.35. The first-order valence-corrected chi connectivity index (χ1v) is 12.9. The Labute approximate surface area is 188 Å². The van der Waals surface area contributed by atoms with Crippen LogP contribution in [-0.2, 0) is 29.5 Å². The van der Waals surface area contributed by atoms with Gasteiger partial charge in [-0.05, 0) is 41.1 Å². The molecule has 0 unspecified atom stereocenters. The van der Waals surface area contributed by atoms with Crippen molar-refractivity contribution in [2.75, 3.05) is 6.54 Å². The van der Waals surface area contributed by atoms with Crippen molar-refractivity contribution in [3.8, 4) is 0 Å². The molecule has 1 N–H and O–H groups in total. The van der Waals surface area contributed by atoms with Crippen molar-refractivity contribution in [1.29, 1.82) is 0 Å². The second-order valence-corrected chi connectivity index (χ2v) is 11.2. The third-order valence-corrected chi connectivity index (χ3v) is 9.25. The Morgan fingerprint density at radius 2 is 1.84 bits per heavy atom. The molecule has 1 amide bonds. The maximum atomic E-state index is 13.3. The van der Waals surface area contributed by atoms with Crippen LogP contribution in [-0.4, -0.2) is 30.2 Å². The van der Waals surface area contributed by atoms with Crippen LogP contribution >= 0.6 is 22.7 Å². The van der Waals surface area contributed by atoms with E-state index >= 15 is 0 Å². The van der Waals surface area contributed by atoms with Gasteiger partial charge in [0.1, 0.15) is 14.8 Å². The Morgan fingerprint density at radius 3 is 2.68 bits per heavy atom. The zero-order chi connectivity index (χ0) is 21.4. The Kier molecular flexibility index (Phi) is 5.35. The summed E-state index contributed by atoms with van der Waals surface area (Å²) in [6, 6.07) is 17.2. The molecule has 2 aromatic heterocycles. The first-order valence-electron chi connectivity index (χ1n) is 9.79. The first-order chi connectivity index (χ1) is 15.0. The average Bonchev–Trinajstić information content (AvgIpc) is 3.44. The van der Waals surface area contributed by atoms with E-state index in [9.17, 15) is 13.2 Å². The maximum Gasteiger partial charge on any atom is 0.263 e. The standard InChI is InChI=1S/C22H19N3O3S3/c26-22(23-13-20-24-17-7-3-4-8-18(17)30-20)21-19(10-12-29-21)31(27,28)25-11-9-15-5-1-2-6-16(15)14-25/h1-8,10,12H,9,11,13-14H2,(H,23,26). The number of benzene rings is 2. The van der Waals surface area contributed by atoms with Gasteiger partial charge in [-0.25, -0.2) is 13.4 Å². The fraction of sp³-hybridized carbons (Fsp3) is 0.182. The van der Waals surface area contributed by atoms with Gasteiger partial charge in [-0.15, -0.1) is 22.7 Å². The number of thiazole rings is 1. The van der Waals surface area contributed by atoms with Gasteiger partial charge in [0.2, 0.25) is 10.0 Å². The van der Waals surface area contributed by atoms with E-state index in [0.717, 1.165) is 32.1 Å². The lowest BCUT2D eigenvalue weighted by atomic mass is 10.0. The molecule has 158 valence electrons. The number of amides is 1. The van der Waals surface area contributed by atoms with Gasteiger partial charge in [0.05, 0.1) is 16.8 Å². The monoisotopic (exact) mass is 469 g/mol. The van der Waals surface area contributed by atoms with Gasteiger partial charge in [0.15, 0.2) is 0 Å². The van der Waals surface area contributed by atoms with Gasteiger partial charge in [-0.3, -0.25) is 4.79 Å². The zero-order valence-corrected chi connectivity index (χ0v) is 18.9. The SMILES string of the molecule is O=C(NCc1nc2ccccc2s1)c1sccc1S(=O)(=O)N1CCc2ccccc2C1. The van der Waals surface area contributed by atoms with E-state index in [1.165, 1.54) is 27.3 Å². The second kappa shape index (κ2) is 8.16. The summed E-state index contributed by atoms with van der Waals surface area (Å²) in [6.07, 6.45) is 0.665. The predicted octanol–water partition coefficient (Wildman–Crippen LogP) is 4.03. The number of hydrogen-bond donors (Lipinski definition) is 1. The molecule has 0 atom stereocenters. The summed E-state index contributed by atoms with van der Waals surface area (Å²) in [7, 11) is -3.77. The number of thiophene rings is 1. The van der Waals surface area contributed by atoms with Gasteiger partial charge < -0.3 is 5.32 Å². The van der Waals surface area contributed by atoms with Crippen molar-refractivity contribution in [2.24, 2.45) is 0 Å². The molecule has 1 aliphatic rings. The van der Waals surface area contributed by atoms with E-state index in [4.69, 9.17) is 0 Å². The Balaban J connectivity index is 1.34. The third-order valence-electron chi connectivity index (χ3n) is 5.29. The van der Waals surface area contributed by atoms with E-state index in [1.807, 2.05) is 48.5 Å². The number of sulfonamides is 1. The first kappa shape index (κ1) is 20.3. The van der Waals surface area contributed by atoms with E-state index < -0.39 is 15.9 Å². The fourth-order valence-electron chi connectivity index (χ4n) is 3.71. The number of para-hydroxylation sites is 1. The Hall–Kier alpha value is -2.59. The molecule has 0 saturated carbocycles. The number of nitrogens with one attached hydrogen (secondary N) is 1. The van der Waals surface area contributed by atoms with Gasteiger partial charge in [-0.1, -0.05) is 36.4 Å². The molecular formula is C22H19N3O3S3. The van der Waals surface area contributed by atoms with Gasteiger partial charge in [0.25, 0.3) is 5.91 Å². The number of carbonyl (C=O) groups excluding carboxylic acids is 1. The Morgan fingerprint density at radius 1 is 1.06 bits per heavy atom. The summed E-state index contributed by atoms with van der Waals surface area (Å²) < 4.78 is 29.1. The average molecular weight is 470 g/mol. The summed E-state index contributed by atoms with van der Waals surface area (Å²) in [5.41, 5.74) is 3.07.